The summed E-state index contributed by atoms with van der Waals surface area (Å²) in [5.74, 6) is 1.67. The van der Waals surface area contributed by atoms with E-state index in [1.807, 2.05) is 0 Å². The highest BCUT2D eigenvalue weighted by Gasteiger charge is 2.26. The van der Waals surface area contributed by atoms with Gasteiger partial charge in [0.1, 0.15) is 11.4 Å². The molecule has 2 rings (SSSR count). The van der Waals surface area contributed by atoms with Gasteiger partial charge >= 0.3 is 0 Å². The van der Waals surface area contributed by atoms with Crippen molar-refractivity contribution in [2.75, 3.05) is 11.9 Å². The maximum absolute atomic E-state index is 5.92. The highest BCUT2D eigenvalue weighted by atomic mass is 16.5. The molecule has 0 bridgehead atoms. The van der Waals surface area contributed by atoms with E-state index in [1.54, 1.807) is 0 Å². The Hall–Kier alpha value is -1.18. The minimum absolute atomic E-state index is 0.105. The van der Waals surface area contributed by atoms with Crippen LogP contribution in [0.15, 0.2) is 18.2 Å². The van der Waals surface area contributed by atoms with E-state index in [4.69, 9.17) is 4.74 Å². The molecule has 1 aliphatic heterocycles. The van der Waals surface area contributed by atoms with E-state index < -0.39 is 0 Å². The molecule has 0 radical (unpaired) electrons. The molecule has 2 nitrogen and oxygen atoms in total. The molecule has 0 unspecified atom stereocenters. The van der Waals surface area contributed by atoms with Crippen LogP contribution in [0.2, 0.25) is 0 Å². The van der Waals surface area contributed by atoms with Crippen LogP contribution in [0.1, 0.15) is 33.3 Å². The standard InChI is InChI=1S/C14H21NO/c1-10(2)7-11-5-6-13-12(8-11)15-9-14(3,4)16-13/h5-6,8,10,15H,7,9H2,1-4H3. The van der Waals surface area contributed by atoms with Crippen molar-refractivity contribution in [2.24, 2.45) is 5.92 Å². The van der Waals surface area contributed by atoms with E-state index >= 15 is 0 Å². The first-order valence-electron chi connectivity index (χ1n) is 6.02. The van der Waals surface area contributed by atoms with Gasteiger partial charge in [-0.05, 0) is 43.9 Å². The van der Waals surface area contributed by atoms with Gasteiger partial charge in [-0.15, -0.1) is 0 Å². The number of rotatable bonds is 2. The average Bonchev–Trinajstić information content (AvgIpc) is 2.16. The molecule has 1 aliphatic rings. The second kappa shape index (κ2) is 4.00. The molecular weight excluding hydrogens is 198 g/mol. The SMILES string of the molecule is CC(C)Cc1ccc2c(c1)NCC(C)(C)O2. The van der Waals surface area contributed by atoms with Gasteiger partial charge in [-0.3, -0.25) is 0 Å². The van der Waals surface area contributed by atoms with Gasteiger partial charge < -0.3 is 10.1 Å². The topological polar surface area (TPSA) is 21.3 Å². The van der Waals surface area contributed by atoms with Crippen molar-refractivity contribution in [2.45, 2.75) is 39.7 Å². The van der Waals surface area contributed by atoms with E-state index in [2.05, 4.69) is 51.2 Å². The molecular formula is C14H21NO. The minimum atomic E-state index is -0.105. The maximum Gasteiger partial charge on any atom is 0.143 e. The van der Waals surface area contributed by atoms with E-state index in [1.165, 1.54) is 5.56 Å². The van der Waals surface area contributed by atoms with Gasteiger partial charge in [-0.1, -0.05) is 19.9 Å². The van der Waals surface area contributed by atoms with Gasteiger partial charge in [0.15, 0.2) is 0 Å². The van der Waals surface area contributed by atoms with Crippen LogP contribution < -0.4 is 10.1 Å². The molecule has 0 aromatic heterocycles. The molecule has 1 aromatic carbocycles. The highest BCUT2D eigenvalue weighted by Crippen LogP contribution is 2.33. The van der Waals surface area contributed by atoms with Crippen molar-refractivity contribution in [1.82, 2.24) is 0 Å². The predicted octanol–water partition coefficient (Wildman–Crippen LogP) is 3.47. The van der Waals surface area contributed by atoms with Crippen LogP contribution in [0, 0.1) is 5.92 Å². The van der Waals surface area contributed by atoms with Crippen LogP contribution >= 0.6 is 0 Å². The second-order valence-corrected chi connectivity index (χ2v) is 5.64. The van der Waals surface area contributed by atoms with Crippen molar-refractivity contribution < 1.29 is 4.74 Å². The highest BCUT2D eigenvalue weighted by molar-refractivity contribution is 5.60. The third-order valence-corrected chi connectivity index (χ3v) is 2.78. The second-order valence-electron chi connectivity index (χ2n) is 5.64. The predicted molar refractivity (Wildman–Crippen MR) is 68.2 cm³/mol. The molecule has 0 spiro atoms. The number of hydrogen-bond donors (Lipinski definition) is 1. The fraction of sp³-hybridized carbons (Fsp3) is 0.571. The van der Waals surface area contributed by atoms with Gasteiger partial charge in [-0.25, -0.2) is 0 Å². The summed E-state index contributed by atoms with van der Waals surface area (Å²) < 4.78 is 5.92. The first-order valence-corrected chi connectivity index (χ1v) is 6.02. The molecule has 88 valence electrons. The molecule has 1 heterocycles. The number of fused-ring (bicyclic) bond motifs is 1. The van der Waals surface area contributed by atoms with Crippen molar-refractivity contribution in [3.05, 3.63) is 23.8 Å². The fourth-order valence-electron chi connectivity index (χ4n) is 2.04. The Kier molecular flexibility index (Phi) is 2.83. The Morgan fingerprint density at radius 3 is 2.81 bits per heavy atom. The van der Waals surface area contributed by atoms with Crippen molar-refractivity contribution in [1.29, 1.82) is 0 Å². The monoisotopic (exact) mass is 219 g/mol. The number of hydrogen-bond acceptors (Lipinski definition) is 2. The van der Waals surface area contributed by atoms with Crippen molar-refractivity contribution >= 4 is 5.69 Å². The summed E-state index contributed by atoms with van der Waals surface area (Å²) in [5.41, 5.74) is 2.41. The van der Waals surface area contributed by atoms with Gasteiger partial charge in [0.25, 0.3) is 0 Å². The largest absolute Gasteiger partial charge is 0.484 e. The zero-order valence-corrected chi connectivity index (χ0v) is 10.6. The summed E-state index contributed by atoms with van der Waals surface area (Å²) in [5, 5.41) is 3.44. The first-order chi connectivity index (χ1) is 7.46. The van der Waals surface area contributed by atoms with Crippen LogP contribution in [0.25, 0.3) is 0 Å². The summed E-state index contributed by atoms with van der Waals surface area (Å²) in [6.07, 6.45) is 1.12. The summed E-state index contributed by atoms with van der Waals surface area (Å²) in [6, 6.07) is 6.47. The molecule has 0 fully saturated rings. The Balaban J connectivity index is 2.21. The zero-order valence-electron chi connectivity index (χ0n) is 10.6. The maximum atomic E-state index is 5.92. The summed E-state index contributed by atoms with van der Waals surface area (Å²) >= 11 is 0. The Bertz CT molecular complexity index is 382. The van der Waals surface area contributed by atoms with Crippen molar-refractivity contribution in [3.63, 3.8) is 0 Å². The third-order valence-electron chi connectivity index (χ3n) is 2.78. The lowest BCUT2D eigenvalue weighted by atomic mass is 10.0. The molecule has 0 aliphatic carbocycles. The molecule has 1 N–H and O–H groups in total. The molecule has 16 heavy (non-hydrogen) atoms. The van der Waals surface area contributed by atoms with Gasteiger partial charge in [-0.2, -0.15) is 0 Å². The van der Waals surface area contributed by atoms with Crippen molar-refractivity contribution in [3.8, 4) is 5.75 Å². The lowest BCUT2D eigenvalue weighted by Gasteiger charge is -2.33. The molecule has 2 heteroatoms. The molecule has 0 saturated carbocycles. The lowest BCUT2D eigenvalue weighted by Crippen LogP contribution is -2.40. The Morgan fingerprint density at radius 1 is 1.38 bits per heavy atom. The van der Waals surface area contributed by atoms with Crippen LogP contribution in [-0.4, -0.2) is 12.1 Å². The van der Waals surface area contributed by atoms with E-state index in [-0.39, 0.29) is 5.60 Å². The summed E-state index contributed by atoms with van der Waals surface area (Å²) in [6.45, 7) is 9.56. The normalized spacial score (nSPS) is 17.6. The molecule has 0 amide bonds. The number of nitrogens with one attached hydrogen (secondary N) is 1. The Labute approximate surface area is 98.0 Å². The number of benzene rings is 1. The smallest absolute Gasteiger partial charge is 0.143 e. The molecule has 0 atom stereocenters. The molecule has 0 saturated heterocycles. The quantitative estimate of drug-likeness (QED) is 0.822. The van der Waals surface area contributed by atoms with Gasteiger partial charge in [0.2, 0.25) is 0 Å². The van der Waals surface area contributed by atoms with Crippen LogP contribution in [0.4, 0.5) is 5.69 Å². The van der Waals surface area contributed by atoms with E-state index in [9.17, 15) is 0 Å². The average molecular weight is 219 g/mol. The zero-order chi connectivity index (χ0) is 11.8. The van der Waals surface area contributed by atoms with Gasteiger partial charge in [0, 0.05) is 0 Å². The first kappa shape index (κ1) is 11.3. The van der Waals surface area contributed by atoms with Crippen LogP contribution in [0.5, 0.6) is 5.75 Å². The van der Waals surface area contributed by atoms with Crippen LogP contribution in [-0.2, 0) is 6.42 Å². The molecule has 1 aromatic rings. The summed E-state index contributed by atoms with van der Waals surface area (Å²) in [7, 11) is 0. The lowest BCUT2D eigenvalue weighted by molar-refractivity contribution is 0.116. The van der Waals surface area contributed by atoms with Gasteiger partial charge in [0.05, 0.1) is 12.2 Å². The minimum Gasteiger partial charge on any atom is -0.484 e. The van der Waals surface area contributed by atoms with E-state index in [0.29, 0.717) is 5.92 Å². The summed E-state index contributed by atoms with van der Waals surface area (Å²) in [4.78, 5) is 0. The van der Waals surface area contributed by atoms with E-state index in [0.717, 1.165) is 24.4 Å². The van der Waals surface area contributed by atoms with Crippen LogP contribution in [0.3, 0.4) is 0 Å². The third kappa shape index (κ3) is 2.49. The number of anilines is 1. The number of ether oxygens (including phenoxy) is 1. The fourth-order valence-corrected chi connectivity index (χ4v) is 2.04. The Morgan fingerprint density at radius 2 is 2.12 bits per heavy atom.